The van der Waals surface area contributed by atoms with Crippen molar-refractivity contribution in [3.05, 3.63) is 12.0 Å². The molecule has 0 saturated heterocycles. The van der Waals surface area contributed by atoms with Crippen LogP contribution in [0.25, 0.3) is 0 Å². The Hall–Kier alpha value is -1.98. The summed E-state index contributed by atoms with van der Waals surface area (Å²) in [7, 11) is 0. The topological polar surface area (TPSA) is 76.5 Å². The predicted molar refractivity (Wildman–Crippen MR) is 79.7 cm³/mol. The summed E-state index contributed by atoms with van der Waals surface area (Å²) >= 11 is 0. The normalized spacial score (nSPS) is 11.7. The van der Waals surface area contributed by atoms with Crippen LogP contribution in [0.4, 0.5) is 16.3 Å². The average molecular weight is 278 g/mol. The number of carbonyl (C=O) groups excluding carboxylic acids is 1. The number of hydrogen-bond donors (Lipinski definition) is 1. The molecule has 0 radical (unpaired) electrons. The summed E-state index contributed by atoms with van der Waals surface area (Å²) in [5, 5.41) is 2.61. The van der Waals surface area contributed by atoms with Gasteiger partial charge in [0.25, 0.3) is 0 Å². The van der Waals surface area contributed by atoms with E-state index in [1.165, 1.54) is 6.33 Å². The fourth-order valence-electron chi connectivity index (χ4n) is 1.40. The molecule has 0 aromatic carbocycles. The molecule has 1 amide bonds. The van der Waals surface area contributed by atoms with Crippen molar-refractivity contribution in [1.82, 2.24) is 9.97 Å². The fourth-order valence-corrected chi connectivity index (χ4v) is 1.40. The van der Waals surface area contributed by atoms with Crippen molar-refractivity contribution >= 4 is 23.8 Å². The van der Waals surface area contributed by atoms with Gasteiger partial charge in [-0.15, -0.1) is 0 Å². The minimum Gasteiger partial charge on any atom is -0.444 e. The SMILES string of the molecule is CCCC=Nc1c(C)ncnc1NC(=O)OC(C)(C)C. The maximum atomic E-state index is 11.8. The Morgan fingerprint density at radius 2 is 2.15 bits per heavy atom. The van der Waals surface area contributed by atoms with Crippen LogP contribution in [-0.2, 0) is 4.74 Å². The molecule has 0 aliphatic rings. The molecule has 0 aliphatic heterocycles. The van der Waals surface area contributed by atoms with Gasteiger partial charge >= 0.3 is 6.09 Å². The van der Waals surface area contributed by atoms with E-state index in [1.807, 2.05) is 6.92 Å². The molecule has 110 valence electrons. The summed E-state index contributed by atoms with van der Waals surface area (Å²) in [6, 6.07) is 0. The van der Waals surface area contributed by atoms with E-state index in [-0.39, 0.29) is 0 Å². The van der Waals surface area contributed by atoms with Gasteiger partial charge in [0, 0.05) is 6.21 Å². The maximum absolute atomic E-state index is 11.8. The third-order valence-electron chi connectivity index (χ3n) is 2.26. The van der Waals surface area contributed by atoms with Crippen LogP contribution >= 0.6 is 0 Å². The van der Waals surface area contributed by atoms with Crippen molar-refractivity contribution in [1.29, 1.82) is 0 Å². The summed E-state index contributed by atoms with van der Waals surface area (Å²) in [4.78, 5) is 24.2. The zero-order valence-corrected chi connectivity index (χ0v) is 12.7. The molecule has 1 rings (SSSR count). The summed E-state index contributed by atoms with van der Waals surface area (Å²) in [6.45, 7) is 9.30. The summed E-state index contributed by atoms with van der Waals surface area (Å²) in [6.07, 6.45) is 4.50. The number of carbonyl (C=O) groups is 1. The van der Waals surface area contributed by atoms with Gasteiger partial charge in [-0.05, 0) is 34.1 Å². The minimum absolute atomic E-state index is 0.360. The summed E-state index contributed by atoms with van der Waals surface area (Å²) < 4.78 is 5.20. The molecule has 0 atom stereocenters. The number of aliphatic imine (C=N–C) groups is 1. The number of nitrogens with one attached hydrogen (secondary N) is 1. The predicted octanol–water partition coefficient (Wildman–Crippen LogP) is 3.63. The highest BCUT2D eigenvalue weighted by Crippen LogP contribution is 2.25. The average Bonchev–Trinajstić information content (AvgIpc) is 2.30. The quantitative estimate of drug-likeness (QED) is 0.853. The third-order valence-corrected chi connectivity index (χ3v) is 2.26. The van der Waals surface area contributed by atoms with Gasteiger partial charge in [0.15, 0.2) is 5.82 Å². The van der Waals surface area contributed by atoms with Gasteiger partial charge in [0.1, 0.15) is 17.6 Å². The number of rotatable bonds is 4. The van der Waals surface area contributed by atoms with Crippen LogP contribution in [0, 0.1) is 6.92 Å². The second-order valence-corrected chi connectivity index (χ2v) is 5.38. The van der Waals surface area contributed by atoms with Crippen molar-refractivity contribution in [2.45, 2.75) is 53.1 Å². The van der Waals surface area contributed by atoms with Crippen LogP contribution in [0.2, 0.25) is 0 Å². The summed E-state index contributed by atoms with van der Waals surface area (Å²) in [5.41, 5.74) is 0.711. The zero-order valence-electron chi connectivity index (χ0n) is 12.7. The van der Waals surface area contributed by atoms with Crippen molar-refractivity contribution in [2.24, 2.45) is 4.99 Å². The standard InChI is InChI=1S/C14H22N4O2/c1-6-7-8-15-11-10(2)16-9-17-12(11)18-13(19)20-14(3,4)5/h8-9H,6-7H2,1-5H3,(H,16,17,18,19). The number of unbranched alkanes of at least 4 members (excludes halogenated alkanes) is 1. The molecular formula is C14H22N4O2. The van der Waals surface area contributed by atoms with Crippen molar-refractivity contribution in [3.8, 4) is 0 Å². The van der Waals surface area contributed by atoms with Crippen LogP contribution in [0.1, 0.15) is 46.2 Å². The number of hydrogen-bond acceptors (Lipinski definition) is 5. The molecule has 0 unspecified atom stereocenters. The van der Waals surface area contributed by atoms with Crippen LogP contribution in [0.3, 0.4) is 0 Å². The minimum atomic E-state index is -0.558. The number of nitrogens with zero attached hydrogens (tertiary/aromatic N) is 3. The monoisotopic (exact) mass is 278 g/mol. The molecule has 0 fully saturated rings. The first-order chi connectivity index (χ1) is 9.33. The molecule has 20 heavy (non-hydrogen) atoms. The van der Waals surface area contributed by atoms with Crippen LogP contribution in [0.5, 0.6) is 0 Å². The number of aryl methyl sites for hydroxylation is 1. The van der Waals surface area contributed by atoms with Gasteiger partial charge in [-0.25, -0.2) is 14.8 Å². The lowest BCUT2D eigenvalue weighted by molar-refractivity contribution is 0.0635. The Morgan fingerprint density at radius 3 is 2.75 bits per heavy atom. The Morgan fingerprint density at radius 1 is 1.45 bits per heavy atom. The van der Waals surface area contributed by atoms with Crippen LogP contribution in [0.15, 0.2) is 11.3 Å². The van der Waals surface area contributed by atoms with E-state index in [4.69, 9.17) is 4.74 Å². The first kappa shape index (κ1) is 16.1. The van der Waals surface area contributed by atoms with E-state index in [0.29, 0.717) is 17.2 Å². The molecule has 0 saturated carbocycles. The third kappa shape index (κ3) is 5.34. The van der Waals surface area contributed by atoms with Gasteiger partial charge < -0.3 is 4.74 Å². The molecule has 0 spiro atoms. The highest BCUT2D eigenvalue weighted by atomic mass is 16.6. The second kappa shape index (κ2) is 6.98. The second-order valence-electron chi connectivity index (χ2n) is 5.38. The molecule has 6 nitrogen and oxygen atoms in total. The highest BCUT2D eigenvalue weighted by molar-refractivity contribution is 5.88. The molecule has 1 N–H and O–H groups in total. The maximum Gasteiger partial charge on any atom is 0.413 e. The van der Waals surface area contributed by atoms with Crippen molar-refractivity contribution in [3.63, 3.8) is 0 Å². The molecule has 1 aromatic heterocycles. The highest BCUT2D eigenvalue weighted by Gasteiger charge is 2.18. The van der Waals surface area contributed by atoms with E-state index in [0.717, 1.165) is 12.8 Å². The fraction of sp³-hybridized carbons (Fsp3) is 0.571. The van der Waals surface area contributed by atoms with E-state index < -0.39 is 11.7 Å². The molecule has 1 heterocycles. The van der Waals surface area contributed by atoms with Gasteiger partial charge in [-0.2, -0.15) is 0 Å². The van der Waals surface area contributed by atoms with Crippen molar-refractivity contribution in [2.75, 3.05) is 5.32 Å². The van der Waals surface area contributed by atoms with Gasteiger partial charge in [0.2, 0.25) is 0 Å². The largest absolute Gasteiger partial charge is 0.444 e. The molecule has 1 aromatic rings. The van der Waals surface area contributed by atoms with Crippen LogP contribution in [-0.4, -0.2) is 27.9 Å². The van der Waals surface area contributed by atoms with Gasteiger partial charge in [-0.1, -0.05) is 13.3 Å². The number of amides is 1. The Balaban J connectivity index is 2.89. The first-order valence-electron chi connectivity index (χ1n) is 6.67. The Kier molecular flexibility index (Phi) is 5.61. The lowest BCUT2D eigenvalue weighted by atomic mass is 10.2. The first-order valence-corrected chi connectivity index (χ1v) is 6.67. The summed E-state index contributed by atoms with van der Waals surface area (Å²) in [5.74, 6) is 0.360. The van der Waals surface area contributed by atoms with Crippen LogP contribution < -0.4 is 5.32 Å². The van der Waals surface area contributed by atoms with E-state index in [1.54, 1.807) is 27.0 Å². The molecular weight excluding hydrogens is 256 g/mol. The molecule has 6 heteroatoms. The zero-order chi connectivity index (χ0) is 15.2. The molecule has 0 bridgehead atoms. The number of anilines is 1. The van der Waals surface area contributed by atoms with E-state index in [2.05, 4.69) is 27.2 Å². The van der Waals surface area contributed by atoms with E-state index >= 15 is 0 Å². The molecule has 0 aliphatic carbocycles. The Bertz CT molecular complexity index is 492. The van der Waals surface area contributed by atoms with E-state index in [9.17, 15) is 4.79 Å². The number of aromatic nitrogens is 2. The lowest BCUT2D eigenvalue weighted by Crippen LogP contribution is -2.27. The van der Waals surface area contributed by atoms with Gasteiger partial charge in [-0.3, -0.25) is 10.3 Å². The van der Waals surface area contributed by atoms with Gasteiger partial charge in [0.05, 0.1) is 5.69 Å². The smallest absolute Gasteiger partial charge is 0.413 e. The number of ether oxygens (including phenoxy) is 1. The van der Waals surface area contributed by atoms with Crippen molar-refractivity contribution < 1.29 is 9.53 Å². The Labute approximate surface area is 119 Å². The lowest BCUT2D eigenvalue weighted by Gasteiger charge is -2.19.